The van der Waals surface area contributed by atoms with E-state index in [1.54, 1.807) is 11.9 Å². The Morgan fingerprint density at radius 3 is 2.57 bits per heavy atom. The van der Waals surface area contributed by atoms with Crippen molar-refractivity contribution in [1.29, 1.82) is 0 Å². The molecule has 0 saturated carbocycles. The number of hydrogen-bond donors (Lipinski definition) is 2. The van der Waals surface area contributed by atoms with Gasteiger partial charge in [-0.25, -0.2) is 9.78 Å². The van der Waals surface area contributed by atoms with E-state index in [2.05, 4.69) is 31.2 Å². The van der Waals surface area contributed by atoms with Crippen LogP contribution in [0.5, 0.6) is 0 Å². The van der Waals surface area contributed by atoms with Gasteiger partial charge in [0, 0.05) is 23.6 Å². The molecule has 2 heterocycles. The van der Waals surface area contributed by atoms with Crippen molar-refractivity contribution in [2.75, 3.05) is 13.6 Å². The fourth-order valence-corrected chi connectivity index (χ4v) is 3.51. The van der Waals surface area contributed by atoms with E-state index in [0.29, 0.717) is 23.8 Å². The summed E-state index contributed by atoms with van der Waals surface area (Å²) in [5, 5.41) is 2.64. The van der Waals surface area contributed by atoms with Crippen LogP contribution in [0.15, 0.2) is 28.7 Å². The molecule has 1 fully saturated rings. The van der Waals surface area contributed by atoms with Crippen molar-refractivity contribution < 1.29 is 14.3 Å². The number of carbonyl (C=O) groups excluding carboxylic acids is 2. The van der Waals surface area contributed by atoms with Crippen molar-refractivity contribution in [3.8, 4) is 11.3 Å². The molecule has 2 aromatic rings. The van der Waals surface area contributed by atoms with Gasteiger partial charge >= 0.3 is 6.09 Å². The number of aromatic nitrogens is 2. The predicted octanol–water partition coefficient (Wildman–Crippen LogP) is 4.27. The van der Waals surface area contributed by atoms with E-state index in [0.717, 1.165) is 22.9 Å². The van der Waals surface area contributed by atoms with Crippen molar-refractivity contribution in [2.45, 2.75) is 45.3 Å². The maximum absolute atomic E-state index is 12.6. The molecule has 7 nitrogen and oxygen atoms in total. The van der Waals surface area contributed by atoms with Crippen LogP contribution >= 0.6 is 15.9 Å². The van der Waals surface area contributed by atoms with Crippen LogP contribution in [-0.2, 0) is 4.74 Å². The summed E-state index contributed by atoms with van der Waals surface area (Å²) in [5.74, 6) is 0.321. The summed E-state index contributed by atoms with van der Waals surface area (Å²) in [6, 6.07) is 7.39. The lowest BCUT2D eigenvalue weighted by Gasteiger charge is -2.27. The molecule has 28 heavy (non-hydrogen) atoms. The van der Waals surface area contributed by atoms with Crippen LogP contribution < -0.4 is 5.32 Å². The van der Waals surface area contributed by atoms with E-state index in [9.17, 15) is 9.59 Å². The molecule has 0 spiro atoms. The summed E-state index contributed by atoms with van der Waals surface area (Å²) in [5.41, 5.74) is 1.24. The van der Waals surface area contributed by atoms with Crippen LogP contribution in [-0.4, -0.2) is 46.1 Å². The molecule has 8 heteroatoms. The number of hydrogen-bond acceptors (Lipinski definition) is 4. The summed E-state index contributed by atoms with van der Waals surface area (Å²) in [6.07, 6.45) is 1.26. The first-order valence-electron chi connectivity index (χ1n) is 9.27. The molecule has 1 aromatic carbocycles. The number of imidazole rings is 1. The fourth-order valence-electron chi connectivity index (χ4n) is 3.25. The first-order valence-corrected chi connectivity index (χ1v) is 10.1. The second-order valence-electron chi connectivity index (χ2n) is 7.76. The Bertz CT molecular complexity index is 871. The Morgan fingerprint density at radius 1 is 1.29 bits per heavy atom. The third-order valence-electron chi connectivity index (χ3n) is 4.49. The largest absolute Gasteiger partial charge is 0.444 e. The minimum Gasteiger partial charge on any atom is -0.444 e. The number of nitrogens with zero attached hydrogens (tertiary/aromatic N) is 2. The number of benzene rings is 1. The Labute approximate surface area is 173 Å². The van der Waals surface area contributed by atoms with Crippen LogP contribution in [0.2, 0.25) is 0 Å². The van der Waals surface area contributed by atoms with Crippen molar-refractivity contribution in [3.63, 3.8) is 0 Å². The van der Waals surface area contributed by atoms with Crippen LogP contribution in [0.4, 0.5) is 4.79 Å². The molecule has 0 aliphatic carbocycles. The van der Waals surface area contributed by atoms with Gasteiger partial charge in [-0.15, -0.1) is 0 Å². The van der Waals surface area contributed by atoms with Gasteiger partial charge in [0.15, 0.2) is 5.69 Å². The molecular formula is C20H25BrN4O3. The summed E-state index contributed by atoms with van der Waals surface area (Å²) in [6.45, 7) is 6.14. The van der Waals surface area contributed by atoms with Gasteiger partial charge in [0.05, 0.1) is 11.7 Å². The van der Waals surface area contributed by atoms with Crippen LogP contribution in [0, 0.1) is 0 Å². The lowest BCUT2D eigenvalue weighted by Crippen LogP contribution is -2.36. The highest BCUT2D eigenvalue weighted by molar-refractivity contribution is 9.10. The first-order chi connectivity index (χ1) is 13.2. The molecular weight excluding hydrogens is 424 g/mol. The topological polar surface area (TPSA) is 87.3 Å². The molecule has 0 radical (unpaired) electrons. The van der Waals surface area contributed by atoms with E-state index in [1.807, 2.05) is 45.0 Å². The molecule has 2 amide bonds. The third-order valence-corrected chi connectivity index (χ3v) is 5.02. The van der Waals surface area contributed by atoms with E-state index in [1.165, 1.54) is 0 Å². The van der Waals surface area contributed by atoms with E-state index >= 15 is 0 Å². The SMILES string of the molecule is CNC(=O)c1nc(C2CCCN2C(=O)OC(C)(C)C)[nH]c1-c1ccc(Br)cc1. The summed E-state index contributed by atoms with van der Waals surface area (Å²) < 4.78 is 6.49. The molecule has 3 rings (SSSR count). The molecule has 2 N–H and O–H groups in total. The molecule has 0 bridgehead atoms. The molecule has 1 atom stereocenters. The first kappa shape index (κ1) is 20.4. The zero-order chi connectivity index (χ0) is 20.5. The zero-order valence-corrected chi connectivity index (χ0v) is 18.1. The highest BCUT2D eigenvalue weighted by Crippen LogP contribution is 2.34. The second-order valence-corrected chi connectivity index (χ2v) is 8.68. The summed E-state index contributed by atoms with van der Waals surface area (Å²) in [7, 11) is 1.57. The molecule has 1 aliphatic rings. The van der Waals surface area contributed by atoms with Crippen LogP contribution in [0.1, 0.15) is 56.0 Å². The molecule has 1 aromatic heterocycles. The van der Waals surface area contributed by atoms with Crippen LogP contribution in [0.25, 0.3) is 11.3 Å². The highest BCUT2D eigenvalue weighted by Gasteiger charge is 2.36. The minimum atomic E-state index is -0.566. The van der Waals surface area contributed by atoms with Crippen LogP contribution in [0.3, 0.4) is 0 Å². The Hall–Kier alpha value is -2.35. The summed E-state index contributed by atoms with van der Waals surface area (Å²) in [4.78, 5) is 34.5. The number of nitrogens with one attached hydrogen (secondary N) is 2. The number of aromatic amines is 1. The van der Waals surface area contributed by atoms with Gasteiger partial charge in [0.1, 0.15) is 11.4 Å². The maximum Gasteiger partial charge on any atom is 0.410 e. The monoisotopic (exact) mass is 448 g/mol. The van der Waals surface area contributed by atoms with Gasteiger partial charge in [0.25, 0.3) is 5.91 Å². The van der Waals surface area contributed by atoms with Crippen molar-refractivity contribution >= 4 is 27.9 Å². The van der Waals surface area contributed by atoms with Crippen molar-refractivity contribution in [2.24, 2.45) is 0 Å². The second kappa shape index (κ2) is 7.95. The zero-order valence-electron chi connectivity index (χ0n) is 16.5. The fraction of sp³-hybridized carbons (Fsp3) is 0.450. The number of halogens is 1. The molecule has 1 unspecified atom stereocenters. The van der Waals surface area contributed by atoms with Gasteiger partial charge < -0.3 is 15.0 Å². The minimum absolute atomic E-state index is 0.248. The van der Waals surface area contributed by atoms with Gasteiger partial charge in [-0.3, -0.25) is 9.69 Å². The number of carbonyl (C=O) groups is 2. The molecule has 1 saturated heterocycles. The average molecular weight is 449 g/mol. The van der Waals surface area contributed by atoms with Gasteiger partial charge in [-0.05, 0) is 45.7 Å². The van der Waals surface area contributed by atoms with Crippen molar-refractivity contribution in [3.05, 3.63) is 40.3 Å². The Morgan fingerprint density at radius 2 is 1.96 bits per heavy atom. The number of H-pyrrole nitrogens is 1. The number of amides is 2. The lowest BCUT2D eigenvalue weighted by atomic mass is 10.1. The smallest absolute Gasteiger partial charge is 0.410 e. The van der Waals surface area contributed by atoms with Gasteiger partial charge in [-0.2, -0.15) is 0 Å². The predicted molar refractivity (Wildman–Crippen MR) is 110 cm³/mol. The summed E-state index contributed by atoms with van der Waals surface area (Å²) >= 11 is 3.42. The third kappa shape index (κ3) is 4.38. The maximum atomic E-state index is 12.6. The number of rotatable bonds is 3. The standard InChI is InChI=1S/C20H25BrN4O3/c1-20(2,3)28-19(27)25-11-5-6-14(25)17-23-15(16(24-17)18(26)22-4)12-7-9-13(21)10-8-12/h7-10,14H,5-6,11H2,1-4H3,(H,22,26)(H,23,24). The van der Waals surface area contributed by atoms with Gasteiger partial charge in [-0.1, -0.05) is 28.1 Å². The average Bonchev–Trinajstić information content (AvgIpc) is 3.27. The number of likely N-dealkylation sites (tertiary alicyclic amines) is 1. The van der Waals surface area contributed by atoms with E-state index in [-0.39, 0.29) is 18.0 Å². The van der Waals surface area contributed by atoms with Gasteiger partial charge in [0.2, 0.25) is 0 Å². The lowest BCUT2D eigenvalue weighted by molar-refractivity contribution is 0.0218. The quantitative estimate of drug-likeness (QED) is 0.733. The Balaban J connectivity index is 1.96. The molecule has 150 valence electrons. The van der Waals surface area contributed by atoms with E-state index in [4.69, 9.17) is 4.74 Å². The molecule has 1 aliphatic heterocycles. The normalized spacial score (nSPS) is 16.9. The Kier molecular flexibility index (Phi) is 5.79. The van der Waals surface area contributed by atoms with Crippen molar-refractivity contribution in [1.82, 2.24) is 20.2 Å². The highest BCUT2D eigenvalue weighted by atomic mass is 79.9. The van der Waals surface area contributed by atoms with E-state index < -0.39 is 5.60 Å². The number of ether oxygens (including phenoxy) is 1.